The van der Waals surface area contributed by atoms with Gasteiger partial charge in [-0.25, -0.2) is 9.18 Å². The van der Waals surface area contributed by atoms with E-state index < -0.39 is 5.97 Å². The first-order valence-electron chi connectivity index (χ1n) is 8.47. The molecule has 4 nitrogen and oxygen atoms in total. The van der Waals surface area contributed by atoms with Crippen molar-refractivity contribution in [1.29, 1.82) is 0 Å². The highest BCUT2D eigenvalue weighted by atomic mass is 32.2. The van der Waals surface area contributed by atoms with Gasteiger partial charge in [0.25, 0.3) is 0 Å². The lowest BCUT2D eigenvalue weighted by atomic mass is 10.1. The first-order valence-corrected chi connectivity index (χ1v) is 9.69. The number of benzene rings is 2. The van der Waals surface area contributed by atoms with Crippen LogP contribution in [-0.4, -0.2) is 31.0 Å². The Balaban J connectivity index is 0.000000401. The predicted molar refractivity (Wildman–Crippen MR) is 106 cm³/mol. The lowest BCUT2D eigenvalue weighted by molar-refractivity contribution is 0.0696. The molecule has 0 bridgehead atoms. The van der Waals surface area contributed by atoms with Crippen LogP contribution < -0.4 is 10.1 Å². The molecule has 0 unspecified atom stereocenters. The van der Waals surface area contributed by atoms with E-state index in [-0.39, 0.29) is 11.4 Å². The zero-order valence-electron chi connectivity index (χ0n) is 15.4. The molecule has 0 heterocycles. The fourth-order valence-electron chi connectivity index (χ4n) is 2.23. The summed E-state index contributed by atoms with van der Waals surface area (Å²) in [6.07, 6.45) is 5.28. The molecule has 0 aliphatic rings. The number of carboxylic acid groups (broad SMARTS) is 1. The van der Waals surface area contributed by atoms with Crippen molar-refractivity contribution in [2.45, 2.75) is 31.1 Å². The lowest BCUT2D eigenvalue weighted by Crippen LogP contribution is -2.06. The minimum atomic E-state index is -0.922. The quantitative estimate of drug-likeness (QED) is 0.466. The van der Waals surface area contributed by atoms with Gasteiger partial charge in [-0.15, -0.1) is 11.8 Å². The molecule has 2 N–H and O–H groups in total. The molecule has 2 aromatic carbocycles. The van der Waals surface area contributed by atoms with Crippen molar-refractivity contribution in [3.8, 4) is 5.75 Å². The number of methoxy groups -OCH3 is 1. The number of hydrogen-bond acceptors (Lipinski definition) is 4. The van der Waals surface area contributed by atoms with E-state index >= 15 is 0 Å². The number of anilines is 1. The summed E-state index contributed by atoms with van der Waals surface area (Å²) in [4.78, 5) is 12.0. The molecule has 0 fully saturated rings. The molecular formula is C20H26FNO3S. The third-order valence-electron chi connectivity index (χ3n) is 3.55. The van der Waals surface area contributed by atoms with Crippen LogP contribution in [0.3, 0.4) is 0 Å². The van der Waals surface area contributed by atoms with Crippen molar-refractivity contribution in [3.63, 3.8) is 0 Å². The standard InChI is InChI=1S/C14H21NO3S.C6H5F/c1-4-5-6-7-15-11-8-10(14(16)17)9-12(19-3)13(11)18-2;7-6-4-2-1-3-5-6/h8-9,15H,4-7H2,1-3H3,(H,16,17);1-5H. The van der Waals surface area contributed by atoms with E-state index in [1.54, 1.807) is 37.4 Å². The second-order valence-electron chi connectivity index (χ2n) is 5.49. The summed E-state index contributed by atoms with van der Waals surface area (Å²) in [6, 6.07) is 11.2. The number of hydrogen-bond donors (Lipinski definition) is 2. The van der Waals surface area contributed by atoms with Gasteiger partial charge in [0, 0.05) is 6.54 Å². The van der Waals surface area contributed by atoms with Gasteiger partial charge in [0.05, 0.1) is 23.3 Å². The Hall–Kier alpha value is -2.21. The maximum atomic E-state index is 11.9. The van der Waals surface area contributed by atoms with Crippen molar-refractivity contribution in [1.82, 2.24) is 0 Å². The van der Waals surface area contributed by atoms with Crippen LogP contribution in [0.5, 0.6) is 5.75 Å². The molecule has 26 heavy (non-hydrogen) atoms. The summed E-state index contributed by atoms with van der Waals surface area (Å²) in [6.45, 7) is 2.97. The van der Waals surface area contributed by atoms with Crippen LogP contribution in [-0.2, 0) is 0 Å². The van der Waals surface area contributed by atoms with Gasteiger partial charge in [0.15, 0.2) is 5.75 Å². The molecule has 2 rings (SSSR count). The molecule has 0 aliphatic carbocycles. The molecule has 0 saturated heterocycles. The normalized spacial score (nSPS) is 9.85. The van der Waals surface area contributed by atoms with Crippen LogP contribution >= 0.6 is 11.8 Å². The number of halogens is 1. The Bertz CT molecular complexity index is 680. The average Bonchev–Trinajstić information content (AvgIpc) is 2.65. The molecular weight excluding hydrogens is 353 g/mol. The lowest BCUT2D eigenvalue weighted by Gasteiger charge is -2.15. The Labute approximate surface area is 158 Å². The fourth-order valence-corrected chi connectivity index (χ4v) is 2.86. The van der Waals surface area contributed by atoms with Gasteiger partial charge in [-0.1, -0.05) is 38.0 Å². The van der Waals surface area contributed by atoms with Crippen LogP contribution in [0.2, 0.25) is 0 Å². The number of carboxylic acids is 1. The van der Waals surface area contributed by atoms with Crippen molar-refractivity contribution < 1.29 is 19.0 Å². The summed E-state index contributed by atoms with van der Waals surface area (Å²) < 4.78 is 17.3. The van der Waals surface area contributed by atoms with Crippen LogP contribution in [0.1, 0.15) is 36.5 Å². The fraction of sp³-hybridized carbons (Fsp3) is 0.350. The van der Waals surface area contributed by atoms with Gasteiger partial charge in [-0.3, -0.25) is 0 Å². The summed E-state index contributed by atoms with van der Waals surface area (Å²) in [5, 5.41) is 12.4. The van der Waals surface area contributed by atoms with Crippen LogP contribution in [0.15, 0.2) is 47.4 Å². The molecule has 0 aliphatic heterocycles. The molecule has 0 saturated carbocycles. The van der Waals surface area contributed by atoms with Crippen molar-refractivity contribution in [3.05, 3.63) is 53.8 Å². The number of unbranched alkanes of at least 4 members (excludes halogenated alkanes) is 2. The van der Waals surface area contributed by atoms with E-state index in [1.165, 1.54) is 23.9 Å². The van der Waals surface area contributed by atoms with Gasteiger partial charge >= 0.3 is 5.97 Å². The molecule has 142 valence electrons. The maximum absolute atomic E-state index is 11.9. The summed E-state index contributed by atoms with van der Waals surface area (Å²) >= 11 is 1.48. The first-order chi connectivity index (χ1) is 12.5. The van der Waals surface area contributed by atoms with E-state index in [4.69, 9.17) is 9.84 Å². The zero-order valence-corrected chi connectivity index (χ0v) is 16.2. The zero-order chi connectivity index (χ0) is 19.4. The summed E-state index contributed by atoms with van der Waals surface area (Å²) in [5.41, 5.74) is 1.03. The van der Waals surface area contributed by atoms with E-state index in [0.29, 0.717) is 5.75 Å². The Kier molecular flexibility index (Phi) is 10.2. The number of ether oxygens (including phenoxy) is 1. The highest BCUT2D eigenvalue weighted by Crippen LogP contribution is 2.36. The highest BCUT2D eigenvalue weighted by Gasteiger charge is 2.14. The minimum absolute atomic E-state index is 0.178. The molecule has 0 atom stereocenters. The first kappa shape index (κ1) is 21.8. The van der Waals surface area contributed by atoms with Crippen LogP contribution in [0.25, 0.3) is 0 Å². The van der Waals surface area contributed by atoms with E-state index in [1.807, 2.05) is 6.26 Å². The van der Waals surface area contributed by atoms with E-state index in [9.17, 15) is 9.18 Å². The van der Waals surface area contributed by atoms with Gasteiger partial charge in [0.1, 0.15) is 5.82 Å². The Morgan fingerprint density at radius 2 is 1.92 bits per heavy atom. The summed E-state index contributed by atoms with van der Waals surface area (Å²) in [7, 11) is 1.60. The van der Waals surface area contributed by atoms with Crippen molar-refractivity contribution in [2.75, 3.05) is 25.2 Å². The largest absolute Gasteiger partial charge is 0.493 e. The second kappa shape index (κ2) is 12.2. The van der Waals surface area contributed by atoms with E-state index in [0.717, 1.165) is 36.4 Å². The molecule has 0 aromatic heterocycles. The second-order valence-corrected chi connectivity index (χ2v) is 6.34. The van der Waals surface area contributed by atoms with Gasteiger partial charge in [0.2, 0.25) is 0 Å². The van der Waals surface area contributed by atoms with Crippen LogP contribution in [0.4, 0.5) is 10.1 Å². The third kappa shape index (κ3) is 7.35. The monoisotopic (exact) mass is 379 g/mol. The molecule has 2 aromatic rings. The van der Waals surface area contributed by atoms with Crippen LogP contribution in [0, 0.1) is 5.82 Å². The SMILES string of the molecule is CCCCCNc1cc(C(=O)O)cc(SC)c1OC.Fc1ccccc1. The molecule has 6 heteroatoms. The number of carbonyl (C=O) groups is 1. The molecule has 0 radical (unpaired) electrons. The predicted octanol–water partition coefficient (Wildman–Crippen LogP) is 5.54. The van der Waals surface area contributed by atoms with Gasteiger partial charge in [-0.05, 0) is 36.9 Å². The van der Waals surface area contributed by atoms with E-state index in [2.05, 4.69) is 12.2 Å². The molecule has 0 amide bonds. The Morgan fingerprint density at radius 1 is 1.23 bits per heavy atom. The highest BCUT2D eigenvalue weighted by molar-refractivity contribution is 7.98. The number of rotatable bonds is 8. The third-order valence-corrected chi connectivity index (χ3v) is 4.30. The number of thioether (sulfide) groups is 1. The number of nitrogens with one attached hydrogen (secondary N) is 1. The average molecular weight is 379 g/mol. The van der Waals surface area contributed by atoms with Crippen molar-refractivity contribution in [2.24, 2.45) is 0 Å². The minimum Gasteiger partial charge on any atom is -0.493 e. The van der Waals surface area contributed by atoms with Crippen molar-refractivity contribution >= 4 is 23.4 Å². The molecule has 0 spiro atoms. The van der Waals surface area contributed by atoms with Gasteiger partial charge < -0.3 is 15.2 Å². The number of aromatic carboxylic acids is 1. The topological polar surface area (TPSA) is 58.6 Å². The maximum Gasteiger partial charge on any atom is 0.335 e. The Morgan fingerprint density at radius 3 is 2.38 bits per heavy atom. The smallest absolute Gasteiger partial charge is 0.335 e. The van der Waals surface area contributed by atoms with Gasteiger partial charge in [-0.2, -0.15) is 0 Å². The summed E-state index contributed by atoms with van der Waals surface area (Å²) in [5.74, 6) is -0.383.